The number of pyridine rings is 1. The van der Waals surface area contributed by atoms with Crippen LogP contribution in [-0.2, 0) is 17.7 Å². The molecule has 3 N–H and O–H groups in total. The predicted octanol–water partition coefficient (Wildman–Crippen LogP) is 6.54. The van der Waals surface area contributed by atoms with Gasteiger partial charge in [-0.15, -0.1) is 10.2 Å². The van der Waals surface area contributed by atoms with Crippen LogP contribution in [0.25, 0.3) is 5.65 Å². The molecule has 0 bridgehead atoms. The average Bonchev–Trinajstić information content (AvgIpc) is 3.75. The van der Waals surface area contributed by atoms with Crippen molar-refractivity contribution in [2.45, 2.75) is 108 Å². The molecule has 0 spiro atoms. The number of piperidine rings is 2. The first kappa shape index (κ1) is 43.9. The van der Waals surface area contributed by atoms with Crippen LogP contribution in [0.1, 0.15) is 98.3 Å². The maximum Gasteiger partial charge on any atom is 0.272 e. The molecule has 2 aliphatic heterocycles. The molecule has 17 heteroatoms. The summed E-state index contributed by atoms with van der Waals surface area (Å²) in [5.41, 5.74) is 3.68. The van der Waals surface area contributed by atoms with E-state index >= 15 is 0 Å². The minimum Gasteiger partial charge on any atom is -0.490 e. The molecule has 16 nitrogen and oxygen atoms in total. The highest BCUT2D eigenvalue weighted by Gasteiger charge is 2.27. The quantitative estimate of drug-likeness (QED) is 0.0855. The van der Waals surface area contributed by atoms with Gasteiger partial charge in [0.2, 0.25) is 5.88 Å². The molecule has 4 aromatic heterocycles. The second-order valence-corrected chi connectivity index (χ2v) is 16.9. The number of aryl methyl sites for hydroxylation is 1. The second-order valence-electron chi connectivity index (χ2n) is 16.5. The summed E-state index contributed by atoms with van der Waals surface area (Å²) < 4.78 is 20.0. The molecule has 2 saturated heterocycles. The van der Waals surface area contributed by atoms with Crippen molar-refractivity contribution in [1.82, 2.24) is 35.1 Å². The van der Waals surface area contributed by atoms with E-state index in [0.717, 1.165) is 118 Å². The number of hydrogen-bond donors (Lipinski definition) is 3. The normalized spacial score (nSPS) is 19.4. The number of nitrogens with zero attached hydrogens (tertiary/aromatic N) is 9. The summed E-state index contributed by atoms with van der Waals surface area (Å²) in [6.45, 7) is 6.17. The summed E-state index contributed by atoms with van der Waals surface area (Å²) >= 11 is 6.15. The molecule has 0 radical (unpaired) electrons. The van der Waals surface area contributed by atoms with Gasteiger partial charge < -0.3 is 39.8 Å². The van der Waals surface area contributed by atoms with Crippen molar-refractivity contribution in [3.05, 3.63) is 88.3 Å². The highest BCUT2D eigenvalue weighted by molar-refractivity contribution is 6.31. The number of aromatic nitrogens is 6. The molecule has 1 unspecified atom stereocenters. The van der Waals surface area contributed by atoms with Gasteiger partial charge in [-0.1, -0.05) is 24.6 Å². The van der Waals surface area contributed by atoms with Crippen molar-refractivity contribution in [3.8, 4) is 17.7 Å². The van der Waals surface area contributed by atoms with Crippen LogP contribution in [0.3, 0.4) is 0 Å². The Morgan fingerprint density at radius 2 is 1.79 bits per heavy atom. The van der Waals surface area contributed by atoms with Gasteiger partial charge in [0, 0.05) is 74.8 Å². The summed E-state index contributed by atoms with van der Waals surface area (Å²) in [5, 5.41) is 39.1. The fourth-order valence-corrected chi connectivity index (χ4v) is 8.94. The molecule has 332 valence electrons. The highest BCUT2D eigenvalue weighted by atomic mass is 35.5. The molecule has 1 saturated carbocycles. The number of aliphatic hydroxyl groups excluding tert-OH is 1. The van der Waals surface area contributed by atoms with Gasteiger partial charge in [0.15, 0.2) is 17.2 Å². The van der Waals surface area contributed by atoms with Gasteiger partial charge in [-0.2, -0.15) is 14.9 Å². The fourth-order valence-electron chi connectivity index (χ4n) is 8.73. The minimum atomic E-state index is -0.228. The lowest BCUT2D eigenvalue weighted by Crippen LogP contribution is -2.40. The van der Waals surface area contributed by atoms with Crippen LogP contribution >= 0.6 is 11.6 Å². The number of aliphatic hydroxyl groups is 1. The first-order valence-electron chi connectivity index (χ1n) is 22.3. The van der Waals surface area contributed by atoms with Gasteiger partial charge >= 0.3 is 0 Å². The largest absolute Gasteiger partial charge is 0.490 e. The van der Waals surface area contributed by atoms with Gasteiger partial charge in [0.25, 0.3) is 5.91 Å². The molecule has 1 aromatic carbocycles. The number of nitrogens with one attached hydrogen (secondary N) is 2. The Labute approximate surface area is 372 Å². The number of rotatable bonds is 17. The zero-order chi connectivity index (χ0) is 43.5. The van der Waals surface area contributed by atoms with Gasteiger partial charge in [-0.25, -0.2) is 9.97 Å². The first-order valence-corrected chi connectivity index (χ1v) is 22.7. The van der Waals surface area contributed by atoms with E-state index in [1.54, 1.807) is 24.3 Å². The molecule has 8 rings (SSSR count). The van der Waals surface area contributed by atoms with Crippen molar-refractivity contribution in [2.75, 3.05) is 54.6 Å². The zero-order valence-corrected chi connectivity index (χ0v) is 36.5. The summed E-state index contributed by atoms with van der Waals surface area (Å²) in [6, 6.07) is 17.0. The van der Waals surface area contributed by atoms with Crippen LogP contribution in [0.5, 0.6) is 11.6 Å². The predicted molar refractivity (Wildman–Crippen MR) is 240 cm³/mol. The molecule has 1 aliphatic carbocycles. The van der Waals surface area contributed by atoms with Crippen LogP contribution < -0.4 is 29.9 Å². The zero-order valence-electron chi connectivity index (χ0n) is 35.8. The van der Waals surface area contributed by atoms with Crippen LogP contribution in [0, 0.1) is 11.3 Å². The van der Waals surface area contributed by atoms with Crippen molar-refractivity contribution in [2.24, 2.45) is 0 Å². The number of anilines is 3. The van der Waals surface area contributed by atoms with Crippen molar-refractivity contribution in [3.63, 3.8) is 0 Å². The molecule has 3 fully saturated rings. The molecular weight excluding hydrogens is 822 g/mol. The van der Waals surface area contributed by atoms with E-state index < -0.39 is 0 Å². The maximum absolute atomic E-state index is 13.0. The number of ether oxygens (including phenoxy) is 3. The van der Waals surface area contributed by atoms with Crippen LogP contribution in [0.4, 0.5) is 17.5 Å². The maximum atomic E-state index is 13.0. The number of benzene rings is 1. The molecule has 5 aromatic rings. The second kappa shape index (κ2) is 21.1. The third kappa shape index (κ3) is 11.1. The standard InChI is InChI=1S/C46H56ClN11O5/c1-2-32-30-51-58-42(26-43(53-45(32)58)57-19-4-3-5-35(57)18-22-59)49-28-31-6-15-44(50-29-31)62-24-23-61-36-16-20-56(21-17-36)41-14-13-40(54-55-41)46(60)52-34-8-11-37(12-9-34)63-38-10-7-33(27-48)39(47)25-38/h6-7,10,13-15,25-26,29-30,34-37,49,59H,2-5,8-9,11-12,16-24,28H2,1H3,(H,52,60). The fraction of sp³-hybridized carbons (Fsp3) is 0.500. The lowest BCUT2D eigenvalue weighted by atomic mass is 9.93. The van der Waals surface area contributed by atoms with Gasteiger partial charge in [0.05, 0.1) is 35.6 Å². The molecular formula is C46H56ClN11O5. The van der Waals surface area contributed by atoms with E-state index in [-0.39, 0.29) is 36.8 Å². The number of carbonyl (C=O) groups is 1. The third-order valence-electron chi connectivity index (χ3n) is 12.3. The third-order valence-corrected chi connectivity index (χ3v) is 12.6. The lowest BCUT2D eigenvalue weighted by Gasteiger charge is -2.36. The molecule has 63 heavy (non-hydrogen) atoms. The first-order chi connectivity index (χ1) is 30.9. The van der Waals surface area contributed by atoms with Crippen molar-refractivity contribution in [1.29, 1.82) is 5.26 Å². The Kier molecular flexibility index (Phi) is 14.7. The van der Waals surface area contributed by atoms with Crippen molar-refractivity contribution >= 4 is 40.6 Å². The van der Waals surface area contributed by atoms with E-state index in [1.807, 2.05) is 35.1 Å². The van der Waals surface area contributed by atoms with Crippen LogP contribution in [-0.4, -0.2) is 105 Å². The number of halogens is 1. The summed E-state index contributed by atoms with van der Waals surface area (Å²) in [4.78, 5) is 27.1. The highest BCUT2D eigenvalue weighted by Crippen LogP contribution is 2.30. The monoisotopic (exact) mass is 877 g/mol. The van der Waals surface area contributed by atoms with Gasteiger partial charge in [-0.3, -0.25) is 4.79 Å². The topological polar surface area (TPSA) is 188 Å². The summed E-state index contributed by atoms with van der Waals surface area (Å²) in [7, 11) is 0. The number of carbonyl (C=O) groups excluding carboxylic acids is 1. The van der Waals surface area contributed by atoms with Crippen LogP contribution in [0.15, 0.2) is 60.9 Å². The number of hydrogen-bond acceptors (Lipinski definition) is 14. The Balaban J connectivity index is 0.731. The SMILES string of the molecule is CCc1cnn2c(NCc3ccc(OCCOC4CCN(c5ccc(C(=O)NC6CCC(Oc7ccc(C#N)c(Cl)c7)CC6)nn5)CC4)nc3)cc(N3CCCCC3CCO)nc12. The van der Waals surface area contributed by atoms with E-state index in [1.165, 1.54) is 6.42 Å². The van der Waals surface area contributed by atoms with Crippen molar-refractivity contribution < 1.29 is 24.1 Å². The van der Waals surface area contributed by atoms with E-state index in [0.29, 0.717) is 47.7 Å². The Hall–Kier alpha value is -5.76. The minimum absolute atomic E-state index is 0.0241. The molecule has 1 amide bonds. The Morgan fingerprint density at radius 1 is 0.937 bits per heavy atom. The summed E-state index contributed by atoms with van der Waals surface area (Å²) in [5.74, 6) is 3.49. The van der Waals surface area contributed by atoms with Crippen LogP contribution in [0.2, 0.25) is 5.02 Å². The molecule has 3 aliphatic rings. The molecule has 6 heterocycles. The lowest BCUT2D eigenvalue weighted by molar-refractivity contribution is 0.0195. The average molecular weight is 878 g/mol. The van der Waals surface area contributed by atoms with Gasteiger partial charge in [-0.05, 0) is 100 Å². The number of nitriles is 1. The number of fused-ring (bicyclic) bond motifs is 1. The Bertz CT molecular complexity index is 2320. The van der Waals surface area contributed by atoms with Gasteiger partial charge in [0.1, 0.15) is 30.1 Å². The van der Waals surface area contributed by atoms with E-state index in [2.05, 4.69) is 59.8 Å². The van der Waals surface area contributed by atoms with E-state index in [9.17, 15) is 9.90 Å². The number of amides is 1. The smallest absolute Gasteiger partial charge is 0.272 e. The summed E-state index contributed by atoms with van der Waals surface area (Å²) in [6.07, 6.45) is 13.6. The molecule has 1 atom stereocenters. The Morgan fingerprint density at radius 3 is 2.52 bits per heavy atom. The van der Waals surface area contributed by atoms with E-state index in [4.69, 9.17) is 36.1 Å².